The number of nitrogens with zero attached hydrogens (tertiary/aromatic N) is 4. The van der Waals surface area contributed by atoms with E-state index in [1.807, 2.05) is 11.0 Å². The Hall–Kier alpha value is -3.91. The third-order valence-corrected chi connectivity index (χ3v) is 6.70. The van der Waals surface area contributed by atoms with E-state index in [9.17, 15) is 14.9 Å². The first kappa shape index (κ1) is 21.9. The highest BCUT2D eigenvalue weighted by atomic mass is 16.6. The molecule has 8 heteroatoms. The van der Waals surface area contributed by atoms with Crippen LogP contribution in [0.4, 0.5) is 11.4 Å². The van der Waals surface area contributed by atoms with E-state index < -0.39 is 10.5 Å². The first-order chi connectivity index (χ1) is 16.5. The van der Waals surface area contributed by atoms with Crippen LogP contribution in [0.5, 0.6) is 5.75 Å². The molecule has 0 spiro atoms. The molecule has 0 amide bonds. The molecule has 0 atom stereocenters. The van der Waals surface area contributed by atoms with Crippen LogP contribution in [0.2, 0.25) is 0 Å². The minimum absolute atomic E-state index is 0.381. The summed E-state index contributed by atoms with van der Waals surface area (Å²) in [6.45, 7) is 3.46. The van der Waals surface area contributed by atoms with Gasteiger partial charge in [0.05, 0.1) is 17.5 Å². The van der Waals surface area contributed by atoms with E-state index in [4.69, 9.17) is 4.74 Å². The topological polar surface area (TPSA) is 80.8 Å². The van der Waals surface area contributed by atoms with Gasteiger partial charge in [-0.2, -0.15) is 0 Å². The maximum Gasteiger partial charge on any atom is 0.357 e. The van der Waals surface area contributed by atoms with Gasteiger partial charge >= 0.3 is 11.2 Å². The summed E-state index contributed by atoms with van der Waals surface area (Å²) in [7, 11) is 3.12. The summed E-state index contributed by atoms with van der Waals surface area (Å²) in [5.74, 6) is 0.594. The largest absolute Gasteiger partial charge is 0.497 e. The van der Waals surface area contributed by atoms with E-state index in [0.717, 1.165) is 19.6 Å². The molecule has 174 valence electrons. The van der Waals surface area contributed by atoms with E-state index in [1.165, 1.54) is 20.9 Å². The van der Waals surface area contributed by atoms with Crippen molar-refractivity contribution in [3.05, 3.63) is 86.7 Å². The quantitative estimate of drug-likeness (QED) is 0.333. The molecule has 1 aliphatic rings. The van der Waals surface area contributed by atoms with Crippen molar-refractivity contribution in [1.29, 1.82) is 0 Å². The first-order valence-electron chi connectivity index (χ1n) is 11.3. The molecular weight excluding hydrogens is 432 g/mol. The molecule has 3 aromatic carbocycles. The summed E-state index contributed by atoms with van der Waals surface area (Å²) < 4.78 is 6.71. The van der Waals surface area contributed by atoms with Gasteiger partial charge in [-0.25, -0.2) is 0 Å². The molecule has 0 radical (unpaired) electrons. The number of ether oxygens (including phenoxy) is 1. The predicted molar refractivity (Wildman–Crippen MR) is 134 cm³/mol. The van der Waals surface area contributed by atoms with E-state index in [0.29, 0.717) is 35.4 Å². The number of nitro groups is 1. The van der Waals surface area contributed by atoms with Gasteiger partial charge in [0.15, 0.2) is 0 Å². The molecule has 4 aromatic rings. The number of fused-ring (bicyclic) bond motifs is 2. The zero-order valence-electron chi connectivity index (χ0n) is 19.2. The molecule has 0 bridgehead atoms. The molecule has 1 aliphatic heterocycles. The summed E-state index contributed by atoms with van der Waals surface area (Å²) in [4.78, 5) is 28.7. The molecule has 8 nitrogen and oxygen atoms in total. The lowest BCUT2D eigenvalue weighted by molar-refractivity contribution is -0.385. The van der Waals surface area contributed by atoms with Crippen LogP contribution in [0.25, 0.3) is 21.7 Å². The number of benzene rings is 3. The van der Waals surface area contributed by atoms with Crippen molar-refractivity contribution in [2.24, 2.45) is 7.05 Å². The number of aryl methyl sites for hydroxylation is 1. The van der Waals surface area contributed by atoms with Crippen LogP contribution in [-0.4, -0.2) is 47.7 Å². The van der Waals surface area contributed by atoms with Crippen molar-refractivity contribution in [3.63, 3.8) is 0 Å². The second-order valence-corrected chi connectivity index (χ2v) is 8.60. The molecule has 1 fully saturated rings. The average Bonchev–Trinajstić information content (AvgIpc) is 2.86. The Morgan fingerprint density at radius 2 is 1.71 bits per heavy atom. The molecule has 5 rings (SSSR count). The Morgan fingerprint density at radius 1 is 0.971 bits per heavy atom. The number of aromatic nitrogens is 1. The summed E-state index contributed by atoms with van der Waals surface area (Å²) in [6, 6.07) is 20.0. The fourth-order valence-electron chi connectivity index (χ4n) is 4.91. The highest BCUT2D eigenvalue weighted by Gasteiger charge is 2.31. The maximum absolute atomic E-state index is 12.9. The lowest BCUT2D eigenvalue weighted by Gasteiger charge is -2.36. The molecule has 1 saturated heterocycles. The van der Waals surface area contributed by atoms with Crippen LogP contribution in [0.1, 0.15) is 5.56 Å². The zero-order chi connectivity index (χ0) is 23.8. The number of pyridine rings is 1. The first-order valence-corrected chi connectivity index (χ1v) is 11.3. The van der Waals surface area contributed by atoms with Crippen LogP contribution in [-0.2, 0) is 13.6 Å². The number of piperazine rings is 1. The van der Waals surface area contributed by atoms with Crippen molar-refractivity contribution >= 4 is 33.1 Å². The van der Waals surface area contributed by atoms with Gasteiger partial charge < -0.3 is 14.2 Å². The van der Waals surface area contributed by atoms with E-state index >= 15 is 0 Å². The molecule has 1 aromatic heterocycles. The highest BCUT2D eigenvalue weighted by molar-refractivity contribution is 5.97. The lowest BCUT2D eigenvalue weighted by atomic mass is 10.0. The van der Waals surface area contributed by atoms with Gasteiger partial charge in [-0.15, -0.1) is 0 Å². The number of rotatable bonds is 5. The molecule has 0 unspecified atom stereocenters. The minimum Gasteiger partial charge on any atom is -0.497 e. The third kappa shape index (κ3) is 3.76. The summed E-state index contributed by atoms with van der Waals surface area (Å²) >= 11 is 0. The van der Waals surface area contributed by atoms with Crippen LogP contribution >= 0.6 is 0 Å². The van der Waals surface area contributed by atoms with E-state index in [1.54, 1.807) is 32.4 Å². The summed E-state index contributed by atoms with van der Waals surface area (Å²) in [5.41, 5.74) is 1.30. The molecule has 0 N–H and O–H groups in total. The van der Waals surface area contributed by atoms with Crippen LogP contribution in [0.3, 0.4) is 0 Å². The van der Waals surface area contributed by atoms with Crippen molar-refractivity contribution < 1.29 is 9.66 Å². The number of hydrogen-bond donors (Lipinski definition) is 0. The lowest BCUT2D eigenvalue weighted by Crippen LogP contribution is -2.46. The predicted octanol–water partition coefficient (Wildman–Crippen LogP) is 3.93. The second kappa shape index (κ2) is 8.79. The second-order valence-electron chi connectivity index (χ2n) is 8.60. The highest BCUT2D eigenvalue weighted by Crippen LogP contribution is 2.36. The summed E-state index contributed by atoms with van der Waals surface area (Å²) in [5, 5.41) is 15.1. The molecular formula is C26H26N4O4. The molecule has 0 saturated carbocycles. The van der Waals surface area contributed by atoms with Gasteiger partial charge in [0, 0.05) is 45.2 Å². The van der Waals surface area contributed by atoms with Crippen molar-refractivity contribution in [3.8, 4) is 5.75 Å². The van der Waals surface area contributed by atoms with Crippen LogP contribution < -0.4 is 15.2 Å². The van der Waals surface area contributed by atoms with Crippen LogP contribution in [0.15, 0.2) is 65.5 Å². The summed E-state index contributed by atoms with van der Waals surface area (Å²) in [6.07, 6.45) is 0. The fourth-order valence-corrected chi connectivity index (χ4v) is 4.91. The smallest absolute Gasteiger partial charge is 0.357 e. The molecule has 2 heterocycles. The van der Waals surface area contributed by atoms with Gasteiger partial charge in [-0.1, -0.05) is 42.5 Å². The number of hydrogen-bond acceptors (Lipinski definition) is 6. The van der Waals surface area contributed by atoms with Crippen molar-refractivity contribution in [2.75, 3.05) is 38.2 Å². The van der Waals surface area contributed by atoms with Crippen molar-refractivity contribution in [1.82, 2.24) is 9.47 Å². The minimum atomic E-state index is -0.601. The number of anilines is 1. The Labute approximate surface area is 196 Å². The zero-order valence-corrected chi connectivity index (χ0v) is 19.2. The standard InChI is InChI=1S/C26H26N4O4/c1-27-23-11-10-20(34-2)16-22(23)24(25(26(27)31)30(32)33)29-14-12-28(13-15-29)17-19-8-5-7-18-6-3-4-9-21(18)19/h3-11,16H,12-15,17H2,1-2H3. The Morgan fingerprint density at radius 3 is 2.44 bits per heavy atom. The Balaban J connectivity index is 1.47. The maximum atomic E-state index is 12.9. The SMILES string of the molecule is COc1ccc2c(c1)c(N1CCN(Cc3cccc4ccccc34)CC1)c([N+](=O)[O-])c(=O)n2C. The third-order valence-electron chi connectivity index (χ3n) is 6.70. The van der Waals surface area contributed by atoms with Gasteiger partial charge in [-0.3, -0.25) is 19.8 Å². The van der Waals surface area contributed by atoms with Gasteiger partial charge in [0.2, 0.25) is 0 Å². The van der Waals surface area contributed by atoms with Crippen LogP contribution in [0, 0.1) is 10.1 Å². The Bertz CT molecular complexity index is 1450. The van der Waals surface area contributed by atoms with Gasteiger partial charge in [-0.05, 0) is 34.5 Å². The monoisotopic (exact) mass is 458 g/mol. The van der Waals surface area contributed by atoms with Crippen molar-refractivity contribution in [2.45, 2.75) is 6.54 Å². The molecule has 0 aliphatic carbocycles. The van der Waals surface area contributed by atoms with E-state index in [-0.39, 0.29) is 5.69 Å². The number of methoxy groups -OCH3 is 1. The molecule has 34 heavy (non-hydrogen) atoms. The normalized spacial score (nSPS) is 14.6. The van der Waals surface area contributed by atoms with E-state index in [2.05, 4.69) is 41.3 Å². The Kier molecular flexibility index (Phi) is 5.67. The average molecular weight is 459 g/mol. The van der Waals surface area contributed by atoms with Gasteiger partial charge in [0.1, 0.15) is 11.4 Å². The van der Waals surface area contributed by atoms with Gasteiger partial charge in [0.25, 0.3) is 0 Å². The fraction of sp³-hybridized carbons (Fsp3) is 0.269.